The largest absolute Gasteiger partial charge is 0.507 e. The summed E-state index contributed by atoms with van der Waals surface area (Å²) in [5.41, 5.74) is 0.633. The van der Waals surface area contributed by atoms with Crippen molar-refractivity contribution in [3.8, 4) is 16.9 Å². The van der Waals surface area contributed by atoms with Crippen molar-refractivity contribution in [1.82, 2.24) is 0 Å². The Morgan fingerprint density at radius 2 is 1.53 bits per heavy atom. The number of hydrogen-bond donors (Lipinski definition) is 2. The fourth-order valence-corrected chi connectivity index (χ4v) is 2.36. The summed E-state index contributed by atoms with van der Waals surface area (Å²) in [7, 11) is -4.36. The molecule has 0 aromatic heterocycles. The predicted molar refractivity (Wildman–Crippen MR) is 63.4 cm³/mol. The summed E-state index contributed by atoms with van der Waals surface area (Å²) in [6.07, 6.45) is 0. The quantitative estimate of drug-likeness (QED) is 0.802. The lowest BCUT2D eigenvalue weighted by Crippen LogP contribution is -2.00. The van der Waals surface area contributed by atoms with Crippen molar-refractivity contribution < 1.29 is 18.1 Å². The van der Waals surface area contributed by atoms with E-state index in [0.717, 1.165) is 0 Å². The second-order valence-electron chi connectivity index (χ2n) is 3.49. The van der Waals surface area contributed by atoms with Crippen LogP contribution in [0.1, 0.15) is 0 Å². The maximum atomic E-state index is 11.2. The van der Waals surface area contributed by atoms with Gasteiger partial charge < -0.3 is 5.11 Å². The Morgan fingerprint density at radius 1 is 0.882 bits per heavy atom. The van der Waals surface area contributed by atoms with Crippen LogP contribution in [0.25, 0.3) is 11.1 Å². The van der Waals surface area contributed by atoms with Gasteiger partial charge in [0.1, 0.15) is 10.6 Å². The van der Waals surface area contributed by atoms with Crippen LogP contribution in [0.2, 0.25) is 0 Å². The Morgan fingerprint density at radius 3 is 2.12 bits per heavy atom. The zero-order chi connectivity index (χ0) is 12.5. The zero-order valence-corrected chi connectivity index (χ0v) is 9.55. The molecule has 0 saturated carbocycles. The molecule has 4 nitrogen and oxygen atoms in total. The molecule has 88 valence electrons. The lowest BCUT2D eigenvalue weighted by Gasteiger charge is -2.09. The second kappa shape index (κ2) is 4.20. The van der Waals surface area contributed by atoms with Gasteiger partial charge in [-0.1, -0.05) is 36.4 Å². The summed E-state index contributed by atoms with van der Waals surface area (Å²) in [5, 5.41) is 9.73. The number of hydrogen-bond acceptors (Lipinski definition) is 3. The van der Waals surface area contributed by atoms with Gasteiger partial charge in [-0.05, 0) is 17.7 Å². The predicted octanol–water partition coefficient (Wildman–Crippen LogP) is 2.31. The van der Waals surface area contributed by atoms with E-state index in [0.29, 0.717) is 5.56 Å². The van der Waals surface area contributed by atoms with Crippen LogP contribution in [-0.4, -0.2) is 18.1 Å². The molecule has 0 aliphatic heterocycles. The Kier molecular flexibility index (Phi) is 2.87. The highest BCUT2D eigenvalue weighted by Crippen LogP contribution is 2.34. The van der Waals surface area contributed by atoms with Crippen molar-refractivity contribution in [1.29, 1.82) is 0 Å². The fourth-order valence-electron chi connectivity index (χ4n) is 1.63. The summed E-state index contributed by atoms with van der Waals surface area (Å²) in [6, 6.07) is 12.5. The molecule has 0 radical (unpaired) electrons. The average Bonchev–Trinajstić information content (AvgIpc) is 2.28. The summed E-state index contributed by atoms with van der Waals surface area (Å²) in [6.45, 7) is 0. The van der Waals surface area contributed by atoms with E-state index in [1.807, 2.05) is 0 Å². The van der Waals surface area contributed by atoms with Crippen LogP contribution in [-0.2, 0) is 10.1 Å². The Labute approximate surface area is 98.9 Å². The third-order valence-electron chi connectivity index (χ3n) is 2.34. The molecule has 0 unspecified atom stereocenters. The molecule has 2 aromatic carbocycles. The van der Waals surface area contributed by atoms with Crippen LogP contribution >= 0.6 is 0 Å². The smallest absolute Gasteiger partial charge is 0.295 e. The van der Waals surface area contributed by atoms with Gasteiger partial charge in [-0.3, -0.25) is 4.55 Å². The molecule has 0 heterocycles. The van der Waals surface area contributed by atoms with Gasteiger partial charge in [0.2, 0.25) is 0 Å². The summed E-state index contributed by atoms with van der Waals surface area (Å²) in [4.78, 5) is -0.302. The minimum atomic E-state index is -4.36. The molecule has 0 atom stereocenters. The van der Waals surface area contributed by atoms with Crippen molar-refractivity contribution in [3.05, 3.63) is 48.5 Å². The molecular formula is C12H10O4S. The molecule has 2 N–H and O–H groups in total. The number of benzene rings is 2. The van der Waals surface area contributed by atoms with Gasteiger partial charge in [-0.2, -0.15) is 8.42 Å². The Balaban J connectivity index is 2.78. The van der Waals surface area contributed by atoms with Gasteiger partial charge in [-0.25, -0.2) is 0 Å². The van der Waals surface area contributed by atoms with Gasteiger partial charge in [0, 0.05) is 5.56 Å². The van der Waals surface area contributed by atoms with Gasteiger partial charge in [0.05, 0.1) is 0 Å². The SMILES string of the molecule is O=S(=O)(O)c1cccc(O)c1-c1ccccc1. The maximum Gasteiger partial charge on any atom is 0.295 e. The molecule has 0 spiro atoms. The van der Waals surface area contributed by atoms with E-state index in [9.17, 15) is 13.5 Å². The number of phenols is 1. The van der Waals surface area contributed by atoms with Crippen LogP contribution in [0, 0.1) is 0 Å². The lowest BCUT2D eigenvalue weighted by molar-refractivity contribution is 0.468. The van der Waals surface area contributed by atoms with Gasteiger partial charge in [0.15, 0.2) is 0 Å². The topological polar surface area (TPSA) is 74.6 Å². The normalized spacial score (nSPS) is 11.4. The first-order valence-electron chi connectivity index (χ1n) is 4.85. The summed E-state index contributed by atoms with van der Waals surface area (Å²) in [5.74, 6) is -0.189. The molecule has 0 bridgehead atoms. The van der Waals surface area contributed by atoms with Gasteiger partial charge >= 0.3 is 0 Å². The van der Waals surface area contributed by atoms with Crippen LogP contribution in [0.5, 0.6) is 5.75 Å². The Hall–Kier alpha value is -1.85. The van der Waals surface area contributed by atoms with Crippen LogP contribution in [0.3, 0.4) is 0 Å². The molecule has 2 aromatic rings. The highest BCUT2D eigenvalue weighted by molar-refractivity contribution is 7.86. The molecule has 0 amide bonds. The third kappa shape index (κ3) is 2.30. The third-order valence-corrected chi connectivity index (χ3v) is 3.24. The van der Waals surface area contributed by atoms with Crippen LogP contribution < -0.4 is 0 Å². The van der Waals surface area contributed by atoms with E-state index in [4.69, 9.17) is 4.55 Å². The Bertz CT molecular complexity index is 633. The van der Waals surface area contributed by atoms with E-state index >= 15 is 0 Å². The summed E-state index contributed by atoms with van der Waals surface area (Å²) < 4.78 is 31.6. The number of aromatic hydroxyl groups is 1. The first kappa shape index (κ1) is 11.6. The van der Waals surface area contributed by atoms with Gasteiger partial charge in [0.25, 0.3) is 10.1 Å². The first-order valence-corrected chi connectivity index (χ1v) is 6.29. The van der Waals surface area contributed by atoms with Crippen molar-refractivity contribution in [3.63, 3.8) is 0 Å². The zero-order valence-electron chi connectivity index (χ0n) is 8.74. The van der Waals surface area contributed by atoms with Crippen molar-refractivity contribution in [2.75, 3.05) is 0 Å². The minimum Gasteiger partial charge on any atom is -0.507 e. The van der Waals surface area contributed by atoms with E-state index < -0.39 is 10.1 Å². The minimum absolute atomic E-state index is 0.107. The molecule has 0 aliphatic carbocycles. The molecule has 2 rings (SSSR count). The number of phenolic OH excluding ortho intramolecular Hbond substituents is 1. The van der Waals surface area contributed by atoms with Crippen molar-refractivity contribution in [2.24, 2.45) is 0 Å². The second-order valence-corrected chi connectivity index (χ2v) is 4.88. The monoisotopic (exact) mass is 250 g/mol. The standard InChI is InChI=1S/C12H10O4S/c13-10-7-4-8-11(17(14,15)16)12(10)9-5-2-1-3-6-9/h1-8,13H,(H,14,15,16). The van der Waals surface area contributed by atoms with Crippen LogP contribution in [0.15, 0.2) is 53.4 Å². The van der Waals surface area contributed by atoms with E-state index in [1.165, 1.54) is 18.2 Å². The molecular weight excluding hydrogens is 240 g/mol. The highest BCUT2D eigenvalue weighted by Gasteiger charge is 2.19. The lowest BCUT2D eigenvalue weighted by atomic mass is 10.0. The molecule has 0 aliphatic rings. The van der Waals surface area contributed by atoms with E-state index in [2.05, 4.69) is 0 Å². The maximum absolute atomic E-state index is 11.2. The molecule has 0 saturated heterocycles. The average molecular weight is 250 g/mol. The van der Waals surface area contributed by atoms with Crippen LogP contribution in [0.4, 0.5) is 0 Å². The molecule has 0 fully saturated rings. The van der Waals surface area contributed by atoms with E-state index in [1.54, 1.807) is 30.3 Å². The van der Waals surface area contributed by atoms with E-state index in [-0.39, 0.29) is 16.2 Å². The van der Waals surface area contributed by atoms with Crippen molar-refractivity contribution in [2.45, 2.75) is 4.90 Å². The van der Waals surface area contributed by atoms with Crippen molar-refractivity contribution >= 4 is 10.1 Å². The summed E-state index contributed by atoms with van der Waals surface area (Å²) >= 11 is 0. The molecule has 17 heavy (non-hydrogen) atoms. The van der Waals surface area contributed by atoms with Gasteiger partial charge in [-0.15, -0.1) is 0 Å². The fraction of sp³-hybridized carbons (Fsp3) is 0. The highest BCUT2D eigenvalue weighted by atomic mass is 32.2. The molecule has 5 heteroatoms. The first-order chi connectivity index (χ1) is 8.00. The number of rotatable bonds is 2.